The van der Waals surface area contributed by atoms with E-state index in [1.54, 1.807) is 30.2 Å². The molecule has 2 unspecified atom stereocenters. The van der Waals surface area contributed by atoms with Crippen LogP contribution in [0.25, 0.3) is 5.95 Å². The van der Waals surface area contributed by atoms with Gasteiger partial charge in [0.2, 0.25) is 17.2 Å². The van der Waals surface area contributed by atoms with Gasteiger partial charge in [-0.2, -0.15) is 15.0 Å². The summed E-state index contributed by atoms with van der Waals surface area (Å²) in [4.78, 5) is 16.2. The van der Waals surface area contributed by atoms with Crippen LogP contribution >= 0.6 is 11.6 Å². The molecule has 0 aromatic carbocycles. The Morgan fingerprint density at radius 2 is 2.16 bits per heavy atom. The molecule has 2 atom stereocenters. The number of aromatic nitrogens is 5. The van der Waals surface area contributed by atoms with Crippen LogP contribution in [0.3, 0.4) is 0 Å². The van der Waals surface area contributed by atoms with E-state index in [1.165, 1.54) is 0 Å². The first-order valence-corrected chi connectivity index (χ1v) is 6.27. The van der Waals surface area contributed by atoms with Crippen LogP contribution in [-0.4, -0.2) is 41.8 Å². The van der Waals surface area contributed by atoms with Crippen LogP contribution in [0.4, 0.5) is 5.95 Å². The predicted octanol–water partition coefficient (Wildman–Crippen LogP) is 1.28. The normalized spacial score (nSPS) is 14.1. The molecule has 0 aliphatic carbocycles. The van der Waals surface area contributed by atoms with Crippen molar-refractivity contribution in [3.8, 4) is 5.95 Å². The van der Waals surface area contributed by atoms with Crippen LogP contribution < -0.4 is 5.32 Å². The average Bonchev–Trinajstić information content (AvgIpc) is 2.79. The molecule has 2 heterocycles. The molecule has 2 rings (SSSR count). The molecular formula is C11H15ClN6O. The van der Waals surface area contributed by atoms with E-state index in [0.717, 1.165) is 0 Å². The van der Waals surface area contributed by atoms with Gasteiger partial charge in [0.1, 0.15) is 6.33 Å². The summed E-state index contributed by atoms with van der Waals surface area (Å²) in [7, 11) is 0. The lowest BCUT2D eigenvalue weighted by molar-refractivity contribution is 0.179. The lowest BCUT2D eigenvalue weighted by atomic mass is 10.2. The molecule has 0 bridgehead atoms. The van der Waals surface area contributed by atoms with E-state index >= 15 is 0 Å². The van der Waals surface area contributed by atoms with Crippen molar-refractivity contribution < 1.29 is 5.11 Å². The Balaban J connectivity index is 2.18. The quantitative estimate of drug-likeness (QED) is 0.859. The zero-order chi connectivity index (χ0) is 13.8. The first-order chi connectivity index (χ1) is 9.04. The maximum absolute atomic E-state index is 9.33. The maximum Gasteiger partial charge on any atom is 0.241 e. The molecule has 102 valence electrons. The fraction of sp³-hybridized carbons (Fsp3) is 0.455. The molecule has 0 amide bonds. The van der Waals surface area contributed by atoms with Gasteiger partial charge < -0.3 is 10.4 Å². The summed E-state index contributed by atoms with van der Waals surface area (Å²) in [5.41, 5.74) is 0. The van der Waals surface area contributed by atoms with Crippen LogP contribution in [-0.2, 0) is 0 Å². The summed E-state index contributed by atoms with van der Waals surface area (Å²) in [6, 6.07) is 0.0223. The summed E-state index contributed by atoms with van der Waals surface area (Å²) < 4.78 is 1.64. The molecule has 2 aromatic rings. The lowest BCUT2D eigenvalue weighted by Gasteiger charge is -2.15. The number of nitrogens with one attached hydrogen (secondary N) is 1. The first-order valence-electron chi connectivity index (χ1n) is 5.89. The highest BCUT2D eigenvalue weighted by Crippen LogP contribution is 2.11. The van der Waals surface area contributed by atoms with E-state index in [2.05, 4.69) is 25.3 Å². The highest BCUT2D eigenvalue weighted by Gasteiger charge is 2.10. The Morgan fingerprint density at radius 1 is 1.37 bits per heavy atom. The third kappa shape index (κ3) is 3.87. The summed E-state index contributed by atoms with van der Waals surface area (Å²) in [5, 5.41) is 12.5. The molecule has 7 nitrogen and oxygen atoms in total. The number of nitrogens with zero attached hydrogens (tertiary/aromatic N) is 5. The second-order valence-electron chi connectivity index (χ2n) is 4.33. The molecule has 2 aromatic heterocycles. The minimum atomic E-state index is -0.395. The summed E-state index contributed by atoms with van der Waals surface area (Å²) >= 11 is 5.87. The number of hydrogen-bond acceptors (Lipinski definition) is 6. The second kappa shape index (κ2) is 5.94. The van der Waals surface area contributed by atoms with Crippen LogP contribution in [0.15, 0.2) is 18.7 Å². The van der Waals surface area contributed by atoms with Gasteiger partial charge in [0.25, 0.3) is 0 Å². The van der Waals surface area contributed by atoms with E-state index in [9.17, 15) is 5.11 Å². The van der Waals surface area contributed by atoms with Gasteiger partial charge in [-0.05, 0) is 31.9 Å². The summed E-state index contributed by atoms with van der Waals surface area (Å²) in [5.74, 6) is 0.765. The summed E-state index contributed by atoms with van der Waals surface area (Å²) in [6.45, 7) is 3.66. The maximum atomic E-state index is 9.33. The molecular weight excluding hydrogens is 268 g/mol. The Bertz CT molecular complexity index is 530. The standard InChI is InChI=1S/C11H15ClN6O/c1-7(5-8(2)19)14-10-15-9(12)16-11(17-10)18-4-3-13-6-18/h3-4,6-8,19H,5H2,1-2H3,(H,14,15,16,17). The lowest BCUT2D eigenvalue weighted by Crippen LogP contribution is -2.22. The van der Waals surface area contributed by atoms with Gasteiger partial charge in [-0.25, -0.2) is 4.98 Å². The number of aliphatic hydroxyl groups is 1. The van der Waals surface area contributed by atoms with Gasteiger partial charge in [-0.1, -0.05) is 0 Å². The smallest absolute Gasteiger partial charge is 0.241 e. The molecule has 0 aliphatic rings. The van der Waals surface area contributed by atoms with Gasteiger partial charge in [0.05, 0.1) is 6.10 Å². The number of rotatable bonds is 5. The van der Waals surface area contributed by atoms with E-state index in [1.807, 2.05) is 6.92 Å². The average molecular weight is 283 g/mol. The fourth-order valence-corrected chi connectivity index (χ4v) is 1.84. The number of anilines is 1. The SMILES string of the molecule is CC(O)CC(C)Nc1nc(Cl)nc(-n2ccnc2)n1. The minimum Gasteiger partial charge on any atom is -0.393 e. The Hall–Kier alpha value is -1.73. The van der Waals surface area contributed by atoms with Crippen LogP contribution in [0.1, 0.15) is 20.3 Å². The zero-order valence-electron chi connectivity index (χ0n) is 10.7. The number of aliphatic hydroxyl groups excluding tert-OH is 1. The molecule has 0 saturated carbocycles. The molecule has 0 radical (unpaired) electrons. The molecule has 8 heteroatoms. The van der Waals surface area contributed by atoms with E-state index in [0.29, 0.717) is 18.3 Å². The van der Waals surface area contributed by atoms with Gasteiger partial charge >= 0.3 is 0 Å². The van der Waals surface area contributed by atoms with E-state index < -0.39 is 6.10 Å². The molecule has 0 fully saturated rings. The van der Waals surface area contributed by atoms with Crippen molar-refractivity contribution in [1.29, 1.82) is 0 Å². The van der Waals surface area contributed by atoms with Crippen LogP contribution in [0.2, 0.25) is 5.28 Å². The molecule has 0 aliphatic heterocycles. The largest absolute Gasteiger partial charge is 0.393 e. The molecule has 2 N–H and O–H groups in total. The first kappa shape index (κ1) is 13.7. The third-order valence-corrected chi connectivity index (χ3v) is 2.57. The number of imidazole rings is 1. The van der Waals surface area contributed by atoms with Crippen molar-refractivity contribution >= 4 is 17.5 Å². The Labute approximate surface area is 115 Å². The summed E-state index contributed by atoms with van der Waals surface area (Å²) in [6.07, 6.45) is 5.11. The van der Waals surface area contributed by atoms with Gasteiger partial charge in [0.15, 0.2) is 0 Å². The fourth-order valence-electron chi connectivity index (χ4n) is 1.69. The van der Waals surface area contributed by atoms with E-state index in [-0.39, 0.29) is 11.3 Å². The van der Waals surface area contributed by atoms with E-state index in [4.69, 9.17) is 11.6 Å². The van der Waals surface area contributed by atoms with Crippen molar-refractivity contribution in [2.45, 2.75) is 32.4 Å². The zero-order valence-corrected chi connectivity index (χ0v) is 11.4. The van der Waals surface area contributed by atoms with Gasteiger partial charge in [0, 0.05) is 18.4 Å². The Kier molecular flexibility index (Phi) is 4.28. The van der Waals surface area contributed by atoms with Crippen molar-refractivity contribution in [2.24, 2.45) is 0 Å². The monoisotopic (exact) mass is 282 g/mol. The van der Waals surface area contributed by atoms with Crippen molar-refractivity contribution in [3.63, 3.8) is 0 Å². The number of halogens is 1. The third-order valence-electron chi connectivity index (χ3n) is 2.40. The molecule has 0 saturated heterocycles. The Morgan fingerprint density at radius 3 is 2.79 bits per heavy atom. The second-order valence-corrected chi connectivity index (χ2v) is 4.67. The van der Waals surface area contributed by atoms with Crippen molar-refractivity contribution in [1.82, 2.24) is 24.5 Å². The number of hydrogen-bond donors (Lipinski definition) is 2. The van der Waals surface area contributed by atoms with Gasteiger partial charge in [-0.15, -0.1) is 0 Å². The van der Waals surface area contributed by atoms with Crippen molar-refractivity contribution in [2.75, 3.05) is 5.32 Å². The van der Waals surface area contributed by atoms with Gasteiger partial charge in [-0.3, -0.25) is 4.57 Å². The highest BCUT2D eigenvalue weighted by molar-refractivity contribution is 6.28. The molecule has 0 spiro atoms. The highest BCUT2D eigenvalue weighted by atomic mass is 35.5. The predicted molar refractivity (Wildman–Crippen MR) is 71.3 cm³/mol. The van der Waals surface area contributed by atoms with Crippen LogP contribution in [0, 0.1) is 0 Å². The molecule has 19 heavy (non-hydrogen) atoms. The van der Waals surface area contributed by atoms with Crippen molar-refractivity contribution in [3.05, 3.63) is 24.0 Å². The van der Waals surface area contributed by atoms with Crippen LogP contribution in [0.5, 0.6) is 0 Å². The minimum absolute atomic E-state index is 0.0223. The topological polar surface area (TPSA) is 88.8 Å².